The van der Waals surface area contributed by atoms with Gasteiger partial charge in [0.15, 0.2) is 5.52 Å². The average molecular weight is 425 g/mol. The summed E-state index contributed by atoms with van der Waals surface area (Å²) >= 11 is 3.48. The van der Waals surface area contributed by atoms with E-state index in [9.17, 15) is 0 Å². The fraction of sp³-hybridized carbons (Fsp3) is 0.150. The Labute approximate surface area is 164 Å². The van der Waals surface area contributed by atoms with Crippen molar-refractivity contribution in [2.45, 2.75) is 13.5 Å². The van der Waals surface area contributed by atoms with Crippen LogP contribution in [0.3, 0.4) is 0 Å². The summed E-state index contributed by atoms with van der Waals surface area (Å²) in [4.78, 5) is 13.5. The van der Waals surface area contributed by atoms with E-state index in [0.717, 1.165) is 27.0 Å². The molecule has 4 aromatic rings. The molecule has 1 N–H and O–H groups in total. The zero-order valence-corrected chi connectivity index (χ0v) is 16.4. The molecule has 136 valence electrons. The lowest BCUT2D eigenvalue weighted by molar-refractivity contribution is 0.410. The molecule has 2 aromatic carbocycles. The maximum absolute atomic E-state index is 5.86. The second-order valence-corrected chi connectivity index (χ2v) is 6.90. The molecule has 2 heterocycles. The number of benzene rings is 2. The molecule has 0 saturated heterocycles. The van der Waals surface area contributed by atoms with Crippen LogP contribution in [0.15, 0.2) is 57.4 Å². The van der Waals surface area contributed by atoms with Crippen LogP contribution in [0.1, 0.15) is 11.3 Å². The summed E-state index contributed by atoms with van der Waals surface area (Å²) < 4.78 is 12.2. The molecule has 0 bridgehead atoms. The van der Waals surface area contributed by atoms with Crippen molar-refractivity contribution >= 4 is 33.1 Å². The number of aromatic nitrogens is 3. The molecule has 2 aromatic heterocycles. The minimum atomic E-state index is 0.463. The fourth-order valence-electron chi connectivity index (χ4n) is 2.80. The van der Waals surface area contributed by atoms with Crippen molar-refractivity contribution in [1.29, 1.82) is 0 Å². The van der Waals surface area contributed by atoms with Gasteiger partial charge >= 0.3 is 0 Å². The first-order chi connectivity index (χ1) is 13.1. The topological polar surface area (TPSA) is 73.1 Å². The van der Waals surface area contributed by atoms with Crippen LogP contribution in [0.2, 0.25) is 0 Å². The van der Waals surface area contributed by atoms with Crippen molar-refractivity contribution in [3.8, 4) is 17.2 Å². The predicted molar refractivity (Wildman–Crippen MR) is 108 cm³/mol. The summed E-state index contributed by atoms with van der Waals surface area (Å²) in [6.07, 6.45) is 0. The zero-order chi connectivity index (χ0) is 18.8. The molecule has 4 rings (SSSR count). The van der Waals surface area contributed by atoms with Gasteiger partial charge in [0.2, 0.25) is 11.8 Å². The van der Waals surface area contributed by atoms with E-state index in [4.69, 9.17) is 9.15 Å². The number of methoxy groups -OCH3 is 1. The lowest BCUT2D eigenvalue weighted by Crippen LogP contribution is -2.06. The molecule has 0 saturated carbocycles. The number of nitrogens with one attached hydrogen (secondary N) is 1. The quantitative estimate of drug-likeness (QED) is 0.487. The summed E-state index contributed by atoms with van der Waals surface area (Å²) in [5.74, 6) is 1.82. The predicted octanol–water partition coefficient (Wildman–Crippen LogP) is 4.98. The smallest absolute Gasteiger partial charge is 0.252 e. The Morgan fingerprint density at radius 1 is 1.07 bits per heavy atom. The molecule has 0 aliphatic heterocycles. The van der Waals surface area contributed by atoms with Crippen LogP contribution >= 0.6 is 15.9 Å². The van der Waals surface area contributed by atoms with E-state index in [-0.39, 0.29) is 0 Å². The van der Waals surface area contributed by atoms with Gasteiger partial charge in [-0.3, -0.25) is 0 Å². The monoisotopic (exact) mass is 424 g/mol. The lowest BCUT2D eigenvalue weighted by Gasteiger charge is -2.10. The molecule has 0 unspecified atom stereocenters. The van der Waals surface area contributed by atoms with Gasteiger partial charge in [-0.05, 0) is 37.3 Å². The van der Waals surface area contributed by atoms with Crippen LogP contribution in [0.5, 0.6) is 5.75 Å². The molecule has 0 aliphatic rings. The third-order valence-electron chi connectivity index (χ3n) is 4.13. The average Bonchev–Trinajstić information content (AvgIpc) is 3.12. The molecule has 0 atom stereocenters. The van der Waals surface area contributed by atoms with E-state index in [1.54, 1.807) is 7.11 Å². The number of halogens is 1. The largest absolute Gasteiger partial charge is 0.496 e. The second-order valence-electron chi connectivity index (χ2n) is 5.98. The SMILES string of the molecule is COc1ccc(Br)cc1CNc1nc(C)c2nc(-c3ccccc3)oc2n1. The van der Waals surface area contributed by atoms with Gasteiger partial charge in [0.25, 0.3) is 5.71 Å². The highest BCUT2D eigenvalue weighted by Crippen LogP contribution is 2.26. The summed E-state index contributed by atoms with van der Waals surface area (Å²) in [5, 5.41) is 3.23. The zero-order valence-electron chi connectivity index (χ0n) is 14.9. The van der Waals surface area contributed by atoms with Gasteiger partial charge in [-0.15, -0.1) is 0 Å². The lowest BCUT2D eigenvalue weighted by atomic mass is 10.2. The Morgan fingerprint density at radius 2 is 1.89 bits per heavy atom. The standard InChI is InChI=1S/C20H17BrN4O2/c1-12-17-19(27-18(24-17)13-6-4-3-5-7-13)25-20(23-12)22-11-14-10-15(21)8-9-16(14)26-2/h3-10H,11H2,1-2H3,(H,22,23,25). The number of rotatable bonds is 5. The van der Waals surface area contributed by atoms with E-state index in [2.05, 4.69) is 36.2 Å². The Kier molecular flexibility index (Phi) is 4.77. The van der Waals surface area contributed by atoms with Crippen molar-refractivity contribution < 1.29 is 9.15 Å². The summed E-state index contributed by atoms with van der Waals surface area (Å²) in [6, 6.07) is 15.6. The van der Waals surface area contributed by atoms with Crippen molar-refractivity contribution in [1.82, 2.24) is 15.0 Å². The van der Waals surface area contributed by atoms with E-state index >= 15 is 0 Å². The minimum absolute atomic E-state index is 0.463. The van der Waals surface area contributed by atoms with Crippen molar-refractivity contribution in [2.75, 3.05) is 12.4 Å². The van der Waals surface area contributed by atoms with Crippen molar-refractivity contribution in [2.24, 2.45) is 0 Å². The second kappa shape index (κ2) is 7.36. The van der Waals surface area contributed by atoms with Crippen LogP contribution in [-0.4, -0.2) is 22.1 Å². The summed E-state index contributed by atoms with van der Waals surface area (Å²) in [7, 11) is 1.65. The molecule has 0 amide bonds. The molecule has 0 spiro atoms. The Balaban J connectivity index is 1.63. The Morgan fingerprint density at radius 3 is 2.67 bits per heavy atom. The maximum atomic E-state index is 5.86. The normalized spacial score (nSPS) is 10.9. The van der Waals surface area contributed by atoms with Crippen LogP contribution in [0.25, 0.3) is 22.7 Å². The number of ether oxygens (including phenoxy) is 1. The molecule has 6 nitrogen and oxygen atoms in total. The number of anilines is 1. The highest BCUT2D eigenvalue weighted by molar-refractivity contribution is 9.10. The highest BCUT2D eigenvalue weighted by Gasteiger charge is 2.14. The van der Waals surface area contributed by atoms with Gasteiger partial charge in [-0.1, -0.05) is 34.1 Å². The van der Waals surface area contributed by atoms with Gasteiger partial charge in [-0.2, -0.15) is 4.98 Å². The van der Waals surface area contributed by atoms with Gasteiger partial charge < -0.3 is 14.5 Å². The Bertz CT molecular complexity index is 1100. The summed E-state index contributed by atoms with van der Waals surface area (Å²) in [6.45, 7) is 2.42. The van der Waals surface area contributed by atoms with Gasteiger partial charge in [0.05, 0.1) is 12.8 Å². The Hall–Kier alpha value is -2.93. The van der Waals surface area contributed by atoms with Crippen molar-refractivity contribution in [3.63, 3.8) is 0 Å². The third-order valence-corrected chi connectivity index (χ3v) is 4.63. The van der Waals surface area contributed by atoms with E-state index in [0.29, 0.717) is 29.6 Å². The molecular formula is C20H17BrN4O2. The molecule has 0 fully saturated rings. The highest BCUT2D eigenvalue weighted by atomic mass is 79.9. The number of fused-ring (bicyclic) bond motifs is 1. The molecule has 7 heteroatoms. The number of hydrogen-bond acceptors (Lipinski definition) is 6. The van der Waals surface area contributed by atoms with Crippen LogP contribution in [0, 0.1) is 6.92 Å². The summed E-state index contributed by atoms with van der Waals surface area (Å²) in [5.41, 5.74) is 3.79. The number of nitrogens with zero attached hydrogens (tertiary/aromatic N) is 3. The van der Waals surface area contributed by atoms with Gasteiger partial charge in [0.1, 0.15) is 5.75 Å². The first kappa shape index (κ1) is 17.5. The molecule has 0 radical (unpaired) electrons. The van der Waals surface area contributed by atoms with Gasteiger partial charge in [0, 0.05) is 22.1 Å². The van der Waals surface area contributed by atoms with Crippen LogP contribution in [-0.2, 0) is 6.54 Å². The minimum Gasteiger partial charge on any atom is -0.496 e. The third kappa shape index (κ3) is 3.64. The number of hydrogen-bond donors (Lipinski definition) is 1. The molecular weight excluding hydrogens is 408 g/mol. The van der Waals surface area contributed by atoms with Gasteiger partial charge in [-0.25, -0.2) is 9.97 Å². The maximum Gasteiger partial charge on any atom is 0.252 e. The van der Waals surface area contributed by atoms with E-state index < -0.39 is 0 Å². The van der Waals surface area contributed by atoms with Crippen LogP contribution < -0.4 is 10.1 Å². The van der Waals surface area contributed by atoms with Crippen LogP contribution in [0.4, 0.5) is 5.95 Å². The molecule has 0 aliphatic carbocycles. The van der Waals surface area contributed by atoms with E-state index in [1.165, 1.54) is 0 Å². The first-order valence-electron chi connectivity index (χ1n) is 8.41. The number of oxazole rings is 1. The van der Waals surface area contributed by atoms with E-state index in [1.807, 2.05) is 55.5 Å². The van der Waals surface area contributed by atoms with Crippen molar-refractivity contribution in [3.05, 3.63) is 64.3 Å². The molecule has 27 heavy (non-hydrogen) atoms. The first-order valence-corrected chi connectivity index (χ1v) is 9.20. The fourth-order valence-corrected chi connectivity index (χ4v) is 3.21. The number of aryl methyl sites for hydroxylation is 1.